The van der Waals surface area contributed by atoms with Crippen molar-refractivity contribution in [2.24, 2.45) is 11.0 Å². The molecular formula is C5H7N3O3S2. The molecule has 1 aromatic rings. The summed E-state index contributed by atoms with van der Waals surface area (Å²) >= 11 is 0.958. The first kappa shape index (κ1) is 10.1. The van der Waals surface area contributed by atoms with Crippen molar-refractivity contribution in [3.63, 3.8) is 0 Å². The van der Waals surface area contributed by atoms with Gasteiger partial charge in [0, 0.05) is 0 Å². The number of primary sulfonamides is 1. The number of carbonyl (C=O) groups is 1. The van der Waals surface area contributed by atoms with Crippen LogP contribution in [-0.4, -0.2) is 14.3 Å². The molecule has 1 heterocycles. The lowest BCUT2D eigenvalue weighted by Gasteiger charge is -1.98. The lowest BCUT2D eigenvalue weighted by molar-refractivity contribution is 0.0954. The van der Waals surface area contributed by atoms with E-state index >= 15 is 0 Å². The van der Waals surface area contributed by atoms with Crippen LogP contribution in [0, 0.1) is 0 Å². The van der Waals surface area contributed by atoms with Gasteiger partial charge in [-0.15, -0.1) is 11.3 Å². The molecule has 13 heavy (non-hydrogen) atoms. The molecule has 5 N–H and O–H groups in total. The molecule has 0 saturated heterocycles. The van der Waals surface area contributed by atoms with Gasteiger partial charge in [-0.05, 0) is 11.4 Å². The van der Waals surface area contributed by atoms with Crippen LogP contribution in [0.2, 0.25) is 0 Å². The number of hydrazine groups is 1. The number of nitrogen functional groups attached to an aromatic ring is 1. The van der Waals surface area contributed by atoms with Gasteiger partial charge < -0.3 is 0 Å². The normalized spacial score (nSPS) is 11.2. The third-order valence-electron chi connectivity index (χ3n) is 1.27. The SMILES string of the molecule is NNC(=O)c1sccc1S(N)(=O)=O. The summed E-state index contributed by atoms with van der Waals surface area (Å²) in [5.74, 6) is 4.18. The fourth-order valence-corrected chi connectivity index (χ4v) is 2.63. The van der Waals surface area contributed by atoms with Gasteiger partial charge in [0.15, 0.2) is 0 Å². The first-order valence-electron chi connectivity index (χ1n) is 3.08. The summed E-state index contributed by atoms with van der Waals surface area (Å²) in [6.45, 7) is 0. The molecular weight excluding hydrogens is 214 g/mol. The Morgan fingerprint density at radius 3 is 2.62 bits per heavy atom. The second kappa shape index (κ2) is 3.42. The molecule has 1 aromatic heterocycles. The molecule has 8 heteroatoms. The standard InChI is InChI=1S/C5H7N3O3S2/c6-8-5(9)4-3(1-2-12-4)13(7,10)11/h1-2H,6H2,(H,8,9)(H2,7,10,11). The lowest BCUT2D eigenvalue weighted by Crippen LogP contribution is -2.30. The molecule has 0 unspecified atom stereocenters. The number of amides is 1. The summed E-state index contributed by atoms with van der Waals surface area (Å²) < 4.78 is 21.8. The second-order valence-corrected chi connectivity index (χ2v) is 4.58. The van der Waals surface area contributed by atoms with E-state index in [-0.39, 0.29) is 9.77 Å². The number of nitrogens with two attached hydrogens (primary N) is 2. The van der Waals surface area contributed by atoms with Crippen LogP contribution in [0.4, 0.5) is 0 Å². The Bertz CT molecular complexity index is 422. The maximum atomic E-state index is 11.0. The number of nitrogens with one attached hydrogen (secondary N) is 1. The van der Waals surface area contributed by atoms with Gasteiger partial charge in [0.05, 0.1) is 0 Å². The molecule has 0 fully saturated rings. The van der Waals surface area contributed by atoms with E-state index in [1.807, 2.05) is 5.43 Å². The van der Waals surface area contributed by atoms with Gasteiger partial charge in [-0.1, -0.05) is 0 Å². The summed E-state index contributed by atoms with van der Waals surface area (Å²) in [5.41, 5.74) is 1.83. The van der Waals surface area contributed by atoms with Crippen LogP contribution in [0.15, 0.2) is 16.3 Å². The number of sulfonamides is 1. The van der Waals surface area contributed by atoms with Gasteiger partial charge in [-0.3, -0.25) is 10.2 Å². The topological polar surface area (TPSA) is 115 Å². The smallest absolute Gasteiger partial charge is 0.276 e. The minimum Gasteiger partial charge on any atom is -0.289 e. The highest BCUT2D eigenvalue weighted by molar-refractivity contribution is 7.89. The summed E-state index contributed by atoms with van der Waals surface area (Å²) in [5, 5.41) is 6.30. The van der Waals surface area contributed by atoms with E-state index in [4.69, 9.17) is 11.0 Å². The van der Waals surface area contributed by atoms with Crippen molar-refractivity contribution >= 4 is 27.3 Å². The molecule has 0 aliphatic carbocycles. The fraction of sp³-hybridized carbons (Fsp3) is 0. The number of hydrogen-bond donors (Lipinski definition) is 3. The van der Waals surface area contributed by atoms with E-state index in [0.717, 1.165) is 11.3 Å². The van der Waals surface area contributed by atoms with Gasteiger partial charge in [0.2, 0.25) is 10.0 Å². The van der Waals surface area contributed by atoms with Crippen LogP contribution in [0.1, 0.15) is 9.67 Å². The average Bonchev–Trinajstić information content (AvgIpc) is 2.49. The maximum Gasteiger partial charge on any atom is 0.276 e. The van der Waals surface area contributed by atoms with Crippen LogP contribution >= 0.6 is 11.3 Å². The van der Waals surface area contributed by atoms with E-state index in [1.165, 1.54) is 11.4 Å². The fourth-order valence-electron chi connectivity index (χ4n) is 0.753. The molecule has 0 bridgehead atoms. The molecule has 72 valence electrons. The van der Waals surface area contributed by atoms with Gasteiger partial charge in [-0.25, -0.2) is 19.4 Å². The lowest BCUT2D eigenvalue weighted by atomic mass is 10.4. The Labute approximate surface area is 78.6 Å². The van der Waals surface area contributed by atoms with E-state index in [2.05, 4.69) is 0 Å². The molecule has 0 spiro atoms. The summed E-state index contributed by atoms with van der Waals surface area (Å²) in [6.07, 6.45) is 0. The van der Waals surface area contributed by atoms with Gasteiger partial charge in [0.1, 0.15) is 9.77 Å². The van der Waals surface area contributed by atoms with Crippen LogP contribution in [0.5, 0.6) is 0 Å². The molecule has 0 aromatic carbocycles. The molecule has 0 saturated carbocycles. The minimum absolute atomic E-state index is 0.00926. The Balaban J connectivity index is 3.26. The Kier molecular flexibility index (Phi) is 2.66. The van der Waals surface area contributed by atoms with Gasteiger partial charge in [-0.2, -0.15) is 0 Å². The van der Waals surface area contributed by atoms with Crippen molar-refractivity contribution < 1.29 is 13.2 Å². The molecule has 0 aliphatic heterocycles. The summed E-state index contributed by atoms with van der Waals surface area (Å²) in [7, 11) is -3.85. The second-order valence-electron chi connectivity index (χ2n) is 2.13. The van der Waals surface area contributed by atoms with Crippen molar-refractivity contribution in [1.82, 2.24) is 5.43 Å². The third-order valence-corrected chi connectivity index (χ3v) is 3.27. The quantitative estimate of drug-likeness (QED) is 0.337. The number of hydrogen-bond acceptors (Lipinski definition) is 5. The highest BCUT2D eigenvalue weighted by Crippen LogP contribution is 2.19. The average molecular weight is 221 g/mol. The van der Waals surface area contributed by atoms with Crippen molar-refractivity contribution in [2.75, 3.05) is 0 Å². The van der Waals surface area contributed by atoms with Crippen molar-refractivity contribution in [2.45, 2.75) is 4.90 Å². The molecule has 0 radical (unpaired) electrons. The predicted molar refractivity (Wildman–Crippen MR) is 47.3 cm³/mol. The van der Waals surface area contributed by atoms with Crippen LogP contribution < -0.4 is 16.4 Å². The zero-order chi connectivity index (χ0) is 10.1. The first-order valence-corrected chi connectivity index (χ1v) is 5.50. The number of thiophene rings is 1. The highest BCUT2D eigenvalue weighted by Gasteiger charge is 2.19. The van der Waals surface area contributed by atoms with E-state index in [9.17, 15) is 13.2 Å². The third kappa shape index (κ3) is 2.04. The van der Waals surface area contributed by atoms with E-state index < -0.39 is 15.9 Å². The molecule has 0 atom stereocenters. The Morgan fingerprint density at radius 2 is 2.15 bits per heavy atom. The molecule has 1 amide bonds. The van der Waals surface area contributed by atoms with Crippen LogP contribution in [-0.2, 0) is 10.0 Å². The monoisotopic (exact) mass is 221 g/mol. The van der Waals surface area contributed by atoms with Crippen LogP contribution in [0.25, 0.3) is 0 Å². The summed E-state index contributed by atoms with van der Waals surface area (Å²) in [4.78, 5) is 10.8. The highest BCUT2D eigenvalue weighted by atomic mass is 32.2. The van der Waals surface area contributed by atoms with Crippen LogP contribution in [0.3, 0.4) is 0 Å². The van der Waals surface area contributed by atoms with Crippen molar-refractivity contribution in [1.29, 1.82) is 0 Å². The zero-order valence-corrected chi connectivity index (χ0v) is 7.98. The van der Waals surface area contributed by atoms with E-state index in [1.54, 1.807) is 0 Å². The van der Waals surface area contributed by atoms with E-state index in [0.29, 0.717) is 0 Å². The molecule has 1 rings (SSSR count). The number of rotatable bonds is 2. The van der Waals surface area contributed by atoms with Gasteiger partial charge in [0.25, 0.3) is 5.91 Å². The molecule has 0 aliphatic rings. The van der Waals surface area contributed by atoms with Crippen molar-refractivity contribution in [3.05, 3.63) is 16.3 Å². The molecule has 6 nitrogen and oxygen atoms in total. The zero-order valence-electron chi connectivity index (χ0n) is 6.35. The van der Waals surface area contributed by atoms with Gasteiger partial charge >= 0.3 is 0 Å². The number of carbonyl (C=O) groups excluding carboxylic acids is 1. The minimum atomic E-state index is -3.85. The summed E-state index contributed by atoms with van der Waals surface area (Å²) in [6, 6.07) is 1.25. The predicted octanol–water partition coefficient (Wildman–Crippen LogP) is -1.00. The Morgan fingerprint density at radius 1 is 1.54 bits per heavy atom. The van der Waals surface area contributed by atoms with Crippen molar-refractivity contribution in [3.8, 4) is 0 Å². The largest absolute Gasteiger partial charge is 0.289 e. The first-order chi connectivity index (χ1) is 5.96. The Hall–Kier alpha value is -0.960. The maximum absolute atomic E-state index is 11.0.